The SMILES string of the molecule is COc1cc(Cl)cc(CC(=O)/C=C/C(=O)O)c1.COc1cc(Cl)cc(N2C(=O)C=CC2=O)c1. The number of allylic oxidation sites excluding steroid dienone is 1. The van der Waals surface area contributed by atoms with Crippen LogP contribution in [0.2, 0.25) is 10.0 Å². The van der Waals surface area contributed by atoms with E-state index in [2.05, 4.69) is 0 Å². The van der Waals surface area contributed by atoms with E-state index in [0.29, 0.717) is 32.8 Å². The Balaban J connectivity index is 0.000000234. The zero-order valence-electron chi connectivity index (χ0n) is 17.6. The van der Waals surface area contributed by atoms with Crippen molar-refractivity contribution in [1.82, 2.24) is 0 Å². The molecule has 1 N–H and O–H groups in total. The summed E-state index contributed by atoms with van der Waals surface area (Å²) in [5, 5.41) is 9.25. The molecule has 0 radical (unpaired) electrons. The number of imide groups is 1. The van der Waals surface area contributed by atoms with E-state index >= 15 is 0 Å². The second-order valence-corrected chi connectivity index (χ2v) is 7.38. The van der Waals surface area contributed by atoms with Crippen molar-refractivity contribution >= 4 is 52.5 Å². The fourth-order valence-electron chi connectivity index (χ4n) is 2.71. The molecule has 1 heterocycles. The van der Waals surface area contributed by atoms with Gasteiger partial charge in [-0.3, -0.25) is 14.4 Å². The number of amides is 2. The van der Waals surface area contributed by atoms with E-state index in [1.165, 1.54) is 32.4 Å². The van der Waals surface area contributed by atoms with E-state index in [4.69, 9.17) is 37.8 Å². The third-order valence-corrected chi connectivity index (χ3v) is 4.55. The second-order valence-electron chi connectivity index (χ2n) is 6.51. The highest BCUT2D eigenvalue weighted by molar-refractivity contribution is 6.32. The van der Waals surface area contributed by atoms with Crippen LogP contribution in [0.15, 0.2) is 60.7 Å². The summed E-state index contributed by atoms with van der Waals surface area (Å²) in [5.74, 6) is -1.17. The van der Waals surface area contributed by atoms with Gasteiger partial charge in [0.05, 0.1) is 19.9 Å². The minimum atomic E-state index is -1.15. The van der Waals surface area contributed by atoms with Crippen LogP contribution < -0.4 is 14.4 Å². The molecule has 10 heteroatoms. The first kappa shape index (κ1) is 25.6. The number of ketones is 1. The maximum absolute atomic E-state index is 11.4. The number of nitrogens with zero attached hydrogens (tertiary/aromatic N) is 1. The largest absolute Gasteiger partial charge is 0.497 e. The highest BCUT2D eigenvalue weighted by atomic mass is 35.5. The molecule has 2 aromatic rings. The Morgan fingerprint density at radius 2 is 1.42 bits per heavy atom. The molecule has 2 aromatic carbocycles. The summed E-state index contributed by atoms with van der Waals surface area (Å²) in [7, 11) is 2.99. The molecule has 33 heavy (non-hydrogen) atoms. The molecule has 3 rings (SSSR count). The Hall–Kier alpha value is -3.62. The van der Waals surface area contributed by atoms with Crippen molar-refractivity contribution in [2.45, 2.75) is 6.42 Å². The van der Waals surface area contributed by atoms with Crippen molar-refractivity contribution in [2.75, 3.05) is 19.1 Å². The lowest BCUT2D eigenvalue weighted by molar-refractivity contribution is -0.131. The van der Waals surface area contributed by atoms with Crippen LogP contribution in [0, 0.1) is 0 Å². The molecule has 0 bridgehead atoms. The van der Waals surface area contributed by atoms with Crippen molar-refractivity contribution in [1.29, 1.82) is 0 Å². The van der Waals surface area contributed by atoms with Gasteiger partial charge in [0.2, 0.25) is 0 Å². The number of aliphatic carboxylic acids is 1. The lowest BCUT2D eigenvalue weighted by Gasteiger charge is -2.15. The first-order valence-electron chi connectivity index (χ1n) is 9.31. The predicted octanol–water partition coefficient (Wildman–Crippen LogP) is 3.88. The summed E-state index contributed by atoms with van der Waals surface area (Å²) in [5.41, 5.74) is 1.08. The first-order chi connectivity index (χ1) is 15.6. The van der Waals surface area contributed by atoms with Gasteiger partial charge in [-0.05, 0) is 42.0 Å². The van der Waals surface area contributed by atoms with E-state index in [1.54, 1.807) is 30.3 Å². The zero-order valence-corrected chi connectivity index (χ0v) is 19.1. The van der Waals surface area contributed by atoms with Crippen LogP contribution in [0.1, 0.15) is 5.56 Å². The highest BCUT2D eigenvalue weighted by Crippen LogP contribution is 2.28. The Morgan fingerprint density at radius 3 is 1.97 bits per heavy atom. The third-order valence-electron chi connectivity index (χ3n) is 4.12. The van der Waals surface area contributed by atoms with Crippen LogP contribution in [0.5, 0.6) is 11.5 Å². The standard InChI is InChI=1S/C12H11ClO4.C11H8ClNO3/c1-17-11-6-8(4-9(13)7-11)5-10(14)2-3-12(15)16;1-16-9-5-7(12)4-8(6-9)13-10(14)2-3-11(13)15/h2-4,6-7H,5H2,1H3,(H,15,16);2-6H,1H3/b3-2+;. The lowest BCUT2D eigenvalue weighted by atomic mass is 10.1. The average Bonchev–Trinajstić information content (AvgIpc) is 3.09. The van der Waals surface area contributed by atoms with E-state index < -0.39 is 5.97 Å². The van der Waals surface area contributed by atoms with Gasteiger partial charge in [-0.1, -0.05) is 23.2 Å². The summed E-state index contributed by atoms with van der Waals surface area (Å²) < 4.78 is 10.0. The van der Waals surface area contributed by atoms with E-state index in [-0.39, 0.29) is 24.0 Å². The Labute approximate surface area is 199 Å². The lowest BCUT2D eigenvalue weighted by Crippen LogP contribution is -2.29. The van der Waals surface area contributed by atoms with Gasteiger partial charge in [-0.2, -0.15) is 0 Å². The second kappa shape index (κ2) is 11.8. The van der Waals surface area contributed by atoms with Crippen LogP contribution in [-0.4, -0.2) is 42.9 Å². The minimum Gasteiger partial charge on any atom is -0.497 e. The fraction of sp³-hybridized carbons (Fsp3) is 0.130. The fourth-order valence-corrected chi connectivity index (χ4v) is 3.18. The molecule has 0 spiro atoms. The normalized spacial score (nSPS) is 12.5. The number of carboxylic acids is 1. The van der Waals surface area contributed by atoms with Crippen molar-refractivity contribution in [3.8, 4) is 11.5 Å². The summed E-state index contributed by atoms with van der Waals surface area (Å²) in [4.78, 5) is 45.5. The number of ether oxygens (including phenoxy) is 2. The molecule has 1 aliphatic heterocycles. The van der Waals surface area contributed by atoms with Gasteiger partial charge in [0.25, 0.3) is 11.8 Å². The van der Waals surface area contributed by atoms with Crippen molar-refractivity contribution < 1.29 is 33.8 Å². The quantitative estimate of drug-likeness (QED) is 0.462. The molecule has 0 aromatic heterocycles. The van der Waals surface area contributed by atoms with E-state index in [1.807, 2.05) is 0 Å². The van der Waals surface area contributed by atoms with Crippen molar-refractivity contribution in [3.63, 3.8) is 0 Å². The number of hydrogen-bond donors (Lipinski definition) is 1. The first-order valence-corrected chi connectivity index (χ1v) is 10.1. The van der Waals surface area contributed by atoms with E-state index in [9.17, 15) is 19.2 Å². The molecule has 172 valence electrons. The van der Waals surface area contributed by atoms with Crippen LogP contribution >= 0.6 is 23.2 Å². The summed E-state index contributed by atoms with van der Waals surface area (Å²) in [6.45, 7) is 0. The number of benzene rings is 2. The van der Waals surface area contributed by atoms with Crippen LogP contribution in [-0.2, 0) is 25.6 Å². The van der Waals surface area contributed by atoms with Crippen LogP contribution in [0.25, 0.3) is 0 Å². The molecular weight excluding hydrogens is 473 g/mol. The van der Waals surface area contributed by atoms with E-state index in [0.717, 1.165) is 17.1 Å². The number of carbonyl (C=O) groups is 4. The number of methoxy groups -OCH3 is 2. The summed E-state index contributed by atoms with van der Waals surface area (Å²) >= 11 is 11.7. The smallest absolute Gasteiger partial charge is 0.328 e. The number of halogens is 2. The average molecular weight is 492 g/mol. The monoisotopic (exact) mass is 491 g/mol. The summed E-state index contributed by atoms with van der Waals surface area (Å²) in [6.07, 6.45) is 4.35. The Morgan fingerprint density at radius 1 is 0.879 bits per heavy atom. The van der Waals surface area contributed by atoms with Crippen LogP contribution in [0.4, 0.5) is 5.69 Å². The Kier molecular flexibility index (Phi) is 9.20. The summed E-state index contributed by atoms with van der Waals surface area (Å²) in [6, 6.07) is 9.66. The van der Waals surface area contributed by atoms with Crippen molar-refractivity contribution in [3.05, 3.63) is 76.3 Å². The molecule has 0 fully saturated rings. The number of carbonyl (C=O) groups excluding carboxylic acids is 3. The minimum absolute atomic E-state index is 0.0840. The zero-order chi connectivity index (χ0) is 24.5. The molecule has 0 saturated heterocycles. The molecule has 0 aliphatic carbocycles. The van der Waals surface area contributed by atoms with Gasteiger partial charge >= 0.3 is 5.97 Å². The van der Waals surface area contributed by atoms with Crippen molar-refractivity contribution in [2.24, 2.45) is 0 Å². The maximum Gasteiger partial charge on any atom is 0.328 e. The predicted molar refractivity (Wildman–Crippen MR) is 123 cm³/mol. The molecule has 0 saturated carbocycles. The number of carboxylic acid groups (broad SMARTS) is 1. The van der Waals surface area contributed by atoms with Gasteiger partial charge in [-0.15, -0.1) is 0 Å². The highest BCUT2D eigenvalue weighted by Gasteiger charge is 2.25. The number of anilines is 1. The molecule has 8 nitrogen and oxygen atoms in total. The van der Waals surface area contributed by atoms with Gasteiger partial charge in [0.1, 0.15) is 11.5 Å². The van der Waals surface area contributed by atoms with Gasteiger partial charge < -0.3 is 14.6 Å². The van der Waals surface area contributed by atoms with Gasteiger partial charge in [0, 0.05) is 40.8 Å². The van der Waals surface area contributed by atoms with Crippen LogP contribution in [0.3, 0.4) is 0 Å². The topological polar surface area (TPSA) is 110 Å². The molecule has 0 unspecified atom stereocenters. The maximum atomic E-state index is 11.4. The van der Waals surface area contributed by atoms with Gasteiger partial charge in [-0.25, -0.2) is 9.69 Å². The molecule has 1 aliphatic rings. The number of hydrogen-bond acceptors (Lipinski definition) is 6. The molecule has 2 amide bonds. The molecular formula is C23H19Cl2NO7. The Bertz CT molecular complexity index is 1120. The number of rotatable bonds is 7. The van der Waals surface area contributed by atoms with Gasteiger partial charge in [0.15, 0.2) is 5.78 Å². The molecule has 0 atom stereocenters. The third kappa shape index (κ3) is 7.78.